The second-order valence-corrected chi connectivity index (χ2v) is 6.84. The van der Waals surface area contributed by atoms with Crippen molar-refractivity contribution in [2.24, 2.45) is 0 Å². The molecular formula is C23H16N2O5. The number of para-hydroxylation sites is 1. The molecule has 0 radical (unpaired) electrons. The van der Waals surface area contributed by atoms with Gasteiger partial charge in [0.05, 0.1) is 10.6 Å². The zero-order valence-corrected chi connectivity index (χ0v) is 15.9. The minimum Gasteiger partial charge on any atom is -0.502 e. The third kappa shape index (κ3) is 3.12. The Bertz CT molecular complexity index is 1250. The predicted octanol–water partition coefficient (Wildman–Crippen LogP) is 4.34. The summed E-state index contributed by atoms with van der Waals surface area (Å²) in [6.45, 7) is 1.81. The standard InChI is InChI=1S/C23H16N2O5/c1-14-6-2-5-9-19(14)24-22(27)17-8-4-3-7-16(17)18(23(24)28)12-15-10-11-21(26)20(13-15)25(29)30/h2-13,26H,1H3/b18-12-. The summed E-state index contributed by atoms with van der Waals surface area (Å²) in [5.41, 5.74) is 2.17. The molecule has 30 heavy (non-hydrogen) atoms. The Hall–Kier alpha value is -4.26. The lowest BCUT2D eigenvalue weighted by atomic mass is 9.91. The number of carbonyl (C=O) groups is 2. The van der Waals surface area contributed by atoms with Crippen molar-refractivity contribution in [3.8, 4) is 5.75 Å². The first kappa shape index (κ1) is 19.1. The van der Waals surface area contributed by atoms with Crippen LogP contribution in [-0.4, -0.2) is 21.8 Å². The van der Waals surface area contributed by atoms with Crippen molar-refractivity contribution in [3.63, 3.8) is 0 Å². The van der Waals surface area contributed by atoms with E-state index in [1.807, 2.05) is 19.1 Å². The number of phenolic OH excluding ortho intramolecular Hbond substituents is 1. The third-order valence-electron chi connectivity index (χ3n) is 4.95. The number of rotatable bonds is 3. The van der Waals surface area contributed by atoms with Gasteiger partial charge in [0.25, 0.3) is 11.8 Å². The minimum atomic E-state index is -0.697. The van der Waals surface area contributed by atoms with Crippen LogP contribution in [0.3, 0.4) is 0 Å². The van der Waals surface area contributed by atoms with Crippen LogP contribution in [-0.2, 0) is 4.79 Å². The number of aromatic hydroxyl groups is 1. The van der Waals surface area contributed by atoms with Crippen LogP contribution in [0.5, 0.6) is 5.75 Å². The van der Waals surface area contributed by atoms with Gasteiger partial charge in [0.1, 0.15) is 0 Å². The number of nitro groups is 1. The summed E-state index contributed by atoms with van der Waals surface area (Å²) >= 11 is 0. The molecule has 4 rings (SSSR count). The van der Waals surface area contributed by atoms with E-state index < -0.39 is 28.2 Å². The fourth-order valence-corrected chi connectivity index (χ4v) is 3.47. The van der Waals surface area contributed by atoms with Crippen molar-refractivity contribution in [3.05, 3.63) is 99.1 Å². The fourth-order valence-electron chi connectivity index (χ4n) is 3.47. The van der Waals surface area contributed by atoms with Crippen molar-refractivity contribution >= 4 is 34.8 Å². The first-order valence-electron chi connectivity index (χ1n) is 9.11. The van der Waals surface area contributed by atoms with Crippen LogP contribution in [0.4, 0.5) is 11.4 Å². The summed E-state index contributed by atoms with van der Waals surface area (Å²) in [5, 5.41) is 20.8. The van der Waals surface area contributed by atoms with Crippen LogP contribution in [0, 0.1) is 17.0 Å². The topological polar surface area (TPSA) is 101 Å². The van der Waals surface area contributed by atoms with Gasteiger partial charge in [-0.2, -0.15) is 0 Å². The molecular weight excluding hydrogens is 384 g/mol. The first-order valence-corrected chi connectivity index (χ1v) is 9.11. The molecule has 0 spiro atoms. The first-order chi connectivity index (χ1) is 14.4. The van der Waals surface area contributed by atoms with Crippen LogP contribution < -0.4 is 4.90 Å². The third-order valence-corrected chi connectivity index (χ3v) is 4.95. The summed E-state index contributed by atoms with van der Waals surface area (Å²) in [6, 6.07) is 17.7. The molecule has 3 aromatic carbocycles. The Morgan fingerprint density at radius 2 is 1.60 bits per heavy atom. The quantitative estimate of drug-likeness (QED) is 0.305. The van der Waals surface area contributed by atoms with E-state index in [1.54, 1.807) is 36.4 Å². The molecule has 1 N–H and O–H groups in total. The van der Waals surface area contributed by atoms with Gasteiger partial charge in [-0.1, -0.05) is 42.5 Å². The minimum absolute atomic E-state index is 0.230. The summed E-state index contributed by atoms with van der Waals surface area (Å²) < 4.78 is 0. The predicted molar refractivity (Wildman–Crippen MR) is 112 cm³/mol. The highest BCUT2D eigenvalue weighted by molar-refractivity contribution is 6.43. The van der Waals surface area contributed by atoms with Crippen molar-refractivity contribution in [2.45, 2.75) is 6.92 Å². The average Bonchev–Trinajstić information content (AvgIpc) is 2.73. The largest absolute Gasteiger partial charge is 0.502 e. The van der Waals surface area contributed by atoms with Crippen molar-refractivity contribution < 1.29 is 19.6 Å². The normalized spacial score (nSPS) is 14.7. The number of phenols is 1. The van der Waals surface area contributed by atoms with Gasteiger partial charge in [-0.05, 0) is 47.9 Å². The lowest BCUT2D eigenvalue weighted by Crippen LogP contribution is -2.42. The number of benzene rings is 3. The highest BCUT2D eigenvalue weighted by atomic mass is 16.6. The van der Waals surface area contributed by atoms with Crippen LogP contribution in [0.15, 0.2) is 66.7 Å². The van der Waals surface area contributed by atoms with E-state index in [0.29, 0.717) is 22.4 Å². The van der Waals surface area contributed by atoms with Gasteiger partial charge in [0.15, 0.2) is 5.75 Å². The van der Waals surface area contributed by atoms with Crippen LogP contribution >= 0.6 is 0 Å². The van der Waals surface area contributed by atoms with E-state index >= 15 is 0 Å². The fraction of sp³-hybridized carbons (Fsp3) is 0.0435. The second-order valence-electron chi connectivity index (χ2n) is 6.84. The van der Waals surface area contributed by atoms with Gasteiger partial charge in [-0.25, -0.2) is 4.90 Å². The van der Waals surface area contributed by atoms with Crippen LogP contribution in [0.1, 0.15) is 27.0 Å². The smallest absolute Gasteiger partial charge is 0.311 e. The monoisotopic (exact) mass is 400 g/mol. The van der Waals surface area contributed by atoms with E-state index in [2.05, 4.69) is 0 Å². The van der Waals surface area contributed by atoms with Crippen LogP contribution in [0.2, 0.25) is 0 Å². The Morgan fingerprint density at radius 3 is 2.30 bits per heavy atom. The highest BCUT2D eigenvalue weighted by Crippen LogP contribution is 2.35. The number of aryl methyl sites for hydroxylation is 1. The molecule has 3 aromatic rings. The molecule has 1 heterocycles. The molecule has 2 amide bonds. The SMILES string of the molecule is Cc1ccccc1N1C(=O)/C(=C\c2ccc(O)c([N+](=O)[O-])c2)c2ccccc2C1=O. The van der Waals surface area contributed by atoms with E-state index in [9.17, 15) is 24.8 Å². The Morgan fingerprint density at radius 1 is 0.933 bits per heavy atom. The molecule has 7 nitrogen and oxygen atoms in total. The lowest BCUT2D eigenvalue weighted by molar-refractivity contribution is -0.385. The average molecular weight is 400 g/mol. The molecule has 1 aliphatic heterocycles. The van der Waals surface area contributed by atoms with E-state index in [0.717, 1.165) is 10.5 Å². The van der Waals surface area contributed by atoms with Gasteiger partial charge in [-0.15, -0.1) is 0 Å². The molecule has 0 saturated carbocycles. The molecule has 0 atom stereocenters. The van der Waals surface area contributed by atoms with E-state index in [4.69, 9.17) is 0 Å². The molecule has 0 bridgehead atoms. The van der Waals surface area contributed by atoms with Crippen molar-refractivity contribution in [1.82, 2.24) is 0 Å². The summed E-state index contributed by atoms with van der Waals surface area (Å²) in [7, 11) is 0. The number of anilines is 1. The van der Waals surface area contributed by atoms with Crippen LogP contribution in [0.25, 0.3) is 11.6 Å². The number of hydrogen-bond donors (Lipinski definition) is 1. The maximum atomic E-state index is 13.4. The number of nitrogens with zero attached hydrogens (tertiary/aromatic N) is 2. The summed E-state index contributed by atoms with van der Waals surface area (Å²) in [5.74, 6) is -1.42. The van der Waals surface area contributed by atoms with Gasteiger partial charge in [0, 0.05) is 17.2 Å². The maximum absolute atomic E-state index is 13.4. The second kappa shape index (κ2) is 7.29. The van der Waals surface area contributed by atoms with Gasteiger partial charge in [-0.3, -0.25) is 19.7 Å². The Kier molecular flexibility index (Phi) is 4.63. The number of amides is 2. The van der Waals surface area contributed by atoms with Gasteiger partial charge < -0.3 is 5.11 Å². The van der Waals surface area contributed by atoms with E-state index in [-0.39, 0.29) is 5.57 Å². The Balaban J connectivity index is 1.92. The molecule has 1 aliphatic rings. The zero-order chi connectivity index (χ0) is 21.4. The summed E-state index contributed by atoms with van der Waals surface area (Å²) in [4.78, 5) is 38.1. The Labute approximate surface area is 171 Å². The number of fused-ring (bicyclic) bond motifs is 1. The number of hydrogen-bond acceptors (Lipinski definition) is 5. The molecule has 0 unspecified atom stereocenters. The maximum Gasteiger partial charge on any atom is 0.311 e. The van der Waals surface area contributed by atoms with Gasteiger partial charge in [0.2, 0.25) is 0 Å². The van der Waals surface area contributed by atoms with Crippen molar-refractivity contribution in [1.29, 1.82) is 0 Å². The lowest BCUT2D eigenvalue weighted by Gasteiger charge is -2.29. The highest BCUT2D eigenvalue weighted by Gasteiger charge is 2.36. The van der Waals surface area contributed by atoms with E-state index in [1.165, 1.54) is 24.3 Å². The molecule has 148 valence electrons. The van der Waals surface area contributed by atoms with Crippen molar-refractivity contribution in [2.75, 3.05) is 4.90 Å². The number of carbonyl (C=O) groups excluding carboxylic acids is 2. The summed E-state index contributed by atoms with van der Waals surface area (Å²) in [6.07, 6.45) is 1.49. The number of nitro benzene ring substituents is 1. The molecule has 0 aliphatic carbocycles. The molecule has 0 fully saturated rings. The molecule has 7 heteroatoms. The number of imide groups is 1. The zero-order valence-electron chi connectivity index (χ0n) is 15.9. The molecule has 0 saturated heterocycles. The van der Waals surface area contributed by atoms with Gasteiger partial charge >= 0.3 is 5.69 Å². The molecule has 0 aromatic heterocycles.